The first-order valence-electron chi connectivity index (χ1n) is 5.66. The van der Waals surface area contributed by atoms with Crippen molar-refractivity contribution in [3.8, 4) is 0 Å². The van der Waals surface area contributed by atoms with Gasteiger partial charge in [-0.2, -0.15) is 0 Å². The van der Waals surface area contributed by atoms with E-state index in [-0.39, 0.29) is 0 Å². The average Bonchev–Trinajstić information content (AvgIpc) is 2.40. The predicted molar refractivity (Wildman–Crippen MR) is 78.5 cm³/mol. The van der Waals surface area contributed by atoms with E-state index < -0.39 is 0 Å². The molecule has 2 N–H and O–H groups in total. The van der Waals surface area contributed by atoms with Gasteiger partial charge in [0.15, 0.2) is 0 Å². The topological polar surface area (TPSA) is 51.8 Å². The van der Waals surface area contributed by atoms with Gasteiger partial charge < -0.3 is 5.73 Å². The SMILES string of the molecule is NCCc1cnc(CSc2ccc(Br)cc2)nc1. The molecule has 2 rings (SSSR count). The summed E-state index contributed by atoms with van der Waals surface area (Å²) >= 11 is 5.15. The van der Waals surface area contributed by atoms with Gasteiger partial charge in [0.1, 0.15) is 5.82 Å². The number of thioether (sulfide) groups is 1. The minimum atomic E-state index is 0.635. The van der Waals surface area contributed by atoms with Gasteiger partial charge in [-0.3, -0.25) is 0 Å². The number of aromatic nitrogens is 2. The van der Waals surface area contributed by atoms with Crippen molar-refractivity contribution in [2.45, 2.75) is 17.1 Å². The Hall–Kier alpha value is -0.910. The third-order valence-electron chi connectivity index (χ3n) is 2.37. The van der Waals surface area contributed by atoms with Crippen LogP contribution in [0.3, 0.4) is 0 Å². The van der Waals surface area contributed by atoms with Crippen molar-refractivity contribution in [2.24, 2.45) is 5.73 Å². The van der Waals surface area contributed by atoms with Crippen LogP contribution in [0.2, 0.25) is 0 Å². The van der Waals surface area contributed by atoms with Crippen molar-refractivity contribution in [1.29, 1.82) is 0 Å². The van der Waals surface area contributed by atoms with Crippen LogP contribution in [-0.2, 0) is 12.2 Å². The van der Waals surface area contributed by atoms with Crippen LogP contribution in [0.4, 0.5) is 0 Å². The zero-order chi connectivity index (χ0) is 12.8. The van der Waals surface area contributed by atoms with Gasteiger partial charge >= 0.3 is 0 Å². The maximum Gasteiger partial charge on any atom is 0.138 e. The maximum atomic E-state index is 5.48. The van der Waals surface area contributed by atoms with E-state index >= 15 is 0 Å². The number of hydrogen-bond donors (Lipinski definition) is 1. The Kier molecular flexibility index (Phi) is 5.16. The van der Waals surface area contributed by atoms with Crippen molar-refractivity contribution in [1.82, 2.24) is 9.97 Å². The lowest BCUT2D eigenvalue weighted by Crippen LogP contribution is -2.04. The second-order valence-electron chi connectivity index (χ2n) is 3.79. The Morgan fingerprint density at radius 3 is 2.39 bits per heavy atom. The zero-order valence-corrected chi connectivity index (χ0v) is 12.2. The highest BCUT2D eigenvalue weighted by Crippen LogP contribution is 2.23. The summed E-state index contributed by atoms with van der Waals surface area (Å²) in [5, 5.41) is 0. The number of benzene rings is 1. The molecule has 0 bridgehead atoms. The van der Waals surface area contributed by atoms with E-state index in [9.17, 15) is 0 Å². The summed E-state index contributed by atoms with van der Waals surface area (Å²) < 4.78 is 1.09. The summed E-state index contributed by atoms with van der Waals surface area (Å²) in [5.41, 5.74) is 6.57. The molecule has 0 saturated heterocycles. The fraction of sp³-hybridized carbons (Fsp3) is 0.231. The van der Waals surface area contributed by atoms with Crippen molar-refractivity contribution < 1.29 is 0 Å². The van der Waals surface area contributed by atoms with E-state index in [0.29, 0.717) is 6.54 Å². The van der Waals surface area contributed by atoms with Crippen molar-refractivity contribution in [3.05, 3.63) is 52.5 Å². The molecule has 0 aliphatic rings. The van der Waals surface area contributed by atoms with Crippen molar-refractivity contribution >= 4 is 27.7 Å². The summed E-state index contributed by atoms with van der Waals surface area (Å²) in [7, 11) is 0. The standard InChI is InChI=1S/C13H14BrN3S/c14-11-1-3-12(4-2-11)18-9-13-16-7-10(5-6-15)8-17-13/h1-4,7-8H,5-6,9,15H2. The molecule has 5 heteroatoms. The highest BCUT2D eigenvalue weighted by Gasteiger charge is 2.00. The van der Waals surface area contributed by atoms with Crippen LogP contribution in [0.1, 0.15) is 11.4 Å². The largest absolute Gasteiger partial charge is 0.330 e. The number of nitrogens with two attached hydrogens (primary N) is 1. The number of rotatable bonds is 5. The Morgan fingerprint density at radius 1 is 1.11 bits per heavy atom. The predicted octanol–water partition coefficient (Wildman–Crippen LogP) is 3.03. The van der Waals surface area contributed by atoms with E-state index in [4.69, 9.17) is 5.73 Å². The van der Waals surface area contributed by atoms with Crippen LogP contribution in [0.15, 0.2) is 46.0 Å². The molecule has 1 heterocycles. The molecule has 0 spiro atoms. The molecule has 0 aliphatic heterocycles. The molecule has 1 aromatic heterocycles. The van der Waals surface area contributed by atoms with Gasteiger partial charge in [-0.1, -0.05) is 15.9 Å². The van der Waals surface area contributed by atoms with Gasteiger partial charge in [0, 0.05) is 21.8 Å². The molecule has 3 nitrogen and oxygen atoms in total. The van der Waals surface area contributed by atoms with Crippen molar-refractivity contribution in [3.63, 3.8) is 0 Å². The zero-order valence-electron chi connectivity index (χ0n) is 9.84. The monoisotopic (exact) mass is 323 g/mol. The van der Waals surface area contributed by atoms with Gasteiger partial charge in [-0.05, 0) is 42.8 Å². The molecule has 94 valence electrons. The number of hydrogen-bond acceptors (Lipinski definition) is 4. The van der Waals surface area contributed by atoms with Crippen molar-refractivity contribution in [2.75, 3.05) is 6.54 Å². The Morgan fingerprint density at radius 2 is 1.78 bits per heavy atom. The fourth-order valence-electron chi connectivity index (χ4n) is 1.43. The van der Waals surface area contributed by atoms with Crippen LogP contribution in [-0.4, -0.2) is 16.5 Å². The second-order valence-corrected chi connectivity index (χ2v) is 5.75. The highest BCUT2D eigenvalue weighted by molar-refractivity contribution is 9.10. The quantitative estimate of drug-likeness (QED) is 0.859. The van der Waals surface area contributed by atoms with E-state index in [1.54, 1.807) is 11.8 Å². The summed E-state index contributed by atoms with van der Waals surface area (Å²) in [5.74, 6) is 1.63. The van der Waals surface area contributed by atoms with E-state index in [1.807, 2.05) is 24.5 Å². The van der Waals surface area contributed by atoms with E-state index in [0.717, 1.165) is 28.0 Å². The summed E-state index contributed by atoms with van der Waals surface area (Å²) in [6, 6.07) is 8.23. The minimum Gasteiger partial charge on any atom is -0.330 e. The number of nitrogens with zero attached hydrogens (tertiary/aromatic N) is 2. The maximum absolute atomic E-state index is 5.48. The molecule has 1 aromatic carbocycles. The van der Waals surface area contributed by atoms with Crippen LogP contribution >= 0.6 is 27.7 Å². The normalized spacial score (nSPS) is 10.6. The third-order valence-corrected chi connectivity index (χ3v) is 3.91. The van der Waals surface area contributed by atoms with E-state index in [1.165, 1.54) is 4.90 Å². The molecule has 0 atom stereocenters. The highest BCUT2D eigenvalue weighted by atomic mass is 79.9. The van der Waals surface area contributed by atoms with Gasteiger partial charge in [0.2, 0.25) is 0 Å². The van der Waals surface area contributed by atoms with Crippen LogP contribution in [0.25, 0.3) is 0 Å². The molecule has 0 aliphatic carbocycles. The minimum absolute atomic E-state index is 0.635. The van der Waals surface area contributed by atoms with Crippen LogP contribution in [0.5, 0.6) is 0 Å². The Bertz CT molecular complexity index is 485. The molecule has 18 heavy (non-hydrogen) atoms. The lowest BCUT2D eigenvalue weighted by atomic mass is 10.2. The smallest absolute Gasteiger partial charge is 0.138 e. The summed E-state index contributed by atoms with van der Waals surface area (Å²) in [4.78, 5) is 9.88. The first kappa shape index (κ1) is 13.5. The van der Waals surface area contributed by atoms with E-state index in [2.05, 4.69) is 38.0 Å². The Balaban J connectivity index is 1.91. The molecule has 0 saturated carbocycles. The van der Waals surface area contributed by atoms with Gasteiger partial charge in [0.05, 0.1) is 5.75 Å². The summed E-state index contributed by atoms with van der Waals surface area (Å²) in [6.45, 7) is 0.635. The van der Waals surface area contributed by atoms with Crippen LogP contribution in [0, 0.1) is 0 Å². The molecule has 0 radical (unpaired) electrons. The van der Waals surface area contributed by atoms with Gasteiger partial charge in [0.25, 0.3) is 0 Å². The second kappa shape index (κ2) is 6.87. The lowest BCUT2D eigenvalue weighted by Gasteiger charge is -2.02. The first-order valence-corrected chi connectivity index (χ1v) is 7.44. The molecule has 0 fully saturated rings. The molecule has 0 unspecified atom stereocenters. The molecule has 0 amide bonds. The molecule has 2 aromatic rings. The summed E-state index contributed by atoms with van der Waals surface area (Å²) in [6.07, 6.45) is 4.55. The number of halogens is 1. The Labute approximate surface area is 119 Å². The molecular weight excluding hydrogens is 310 g/mol. The van der Waals surface area contributed by atoms with Gasteiger partial charge in [-0.25, -0.2) is 9.97 Å². The first-order chi connectivity index (χ1) is 8.78. The lowest BCUT2D eigenvalue weighted by molar-refractivity contribution is 0.920. The van der Waals surface area contributed by atoms with Crippen LogP contribution < -0.4 is 5.73 Å². The fourth-order valence-corrected chi connectivity index (χ4v) is 2.47. The average molecular weight is 324 g/mol. The molecular formula is C13H14BrN3S. The third kappa shape index (κ3) is 4.08. The van der Waals surface area contributed by atoms with Gasteiger partial charge in [-0.15, -0.1) is 11.8 Å².